The highest BCUT2D eigenvalue weighted by Gasteiger charge is 2.20. The zero-order valence-corrected chi connectivity index (χ0v) is 14.5. The van der Waals surface area contributed by atoms with Crippen LogP contribution in [0.25, 0.3) is 27.0 Å². The first-order valence-corrected chi connectivity index (χ1v) is 9.10. The zero-order valence-electron chi connectivity index (χ0n) is 13.7. The van der Waals surface area contributed by atoms with E-state index in [4.69, 9.17) is 10.2 Å². The number of fused-ring (bicyclic) bond motifs is 2. The molecule has 4 aromatic rings. The molecule has 5 heteroatoms. The normalized spacial score (nSPS) is 12.7. The van der Waals surface area contributed by atoms with Gasteiger partial charge >= 0.3 is 0 Å². The first-order valence-electron chi connectivity index (χ1n) is 8.22. The van der Waals surface area contributed by atoms with E-state index in [-0.39, 0.29) is 0 Å². The van der Waals surface area contributed by atoms with Crippen LogP contribution in [0.3, 0.4) is 0 Å². The summed E-state index contributed by atoms with van der Waals surface area (Å²) in [5, 5.41) is 9.12. The molecule has 0 saturated heterocycles. The number of nitrogens with zero attached hydrogens (tertiary/aromatic N) is 4. The molecule has 0 bridgehead atoms. The van der Waals surface area contributed by atoms with E-state index < -0.39 is 0 Å². The molecule has 5 rings (SSSR count). The predicted octanol–water partition coefficient (Wildman–Crippen LogP) is 4.61. The maximum absolute atomic E-state index is 9.12. The summed E-state index contributed by atoms with van der Waals surface area (Å²) < 4.78 is 1.17. The Balaban J connectivity index is 1.60. The van der Waals surface area contributed by atoms with Gasteiger partial charge in [0.2, 0.25) is 0 Å². The summed E-state index contributed by atoms with van der Waals surface area (Å²) in [5.41, 5.74) is 9.36. The molecule has 2 aromatic carbocycles. The Kier molecular flexibility index (Phi) is 3.37. The maximum Gasteiger partial charge on any atom is 0.0991 e. The van der Waals surface area contributed by atoms with Crippen LogP contribution in [0.1, 0.15) is 22.5 Å². The van der Waals surface area contributed by atoms with Gasteiger partial charge in [-0.2, -0.15) is 5.26 Å². The SMILES string of the molecule is N#Cc1cccc(-c2cnc3c(n2)C(c2ccc4ncsc4c2)=CC3)c1. The molecule has 1 aliphatic rings. The maximum atomic E-state index is 9.12. The van der Waals surface area contributed by atoms with Crippen LogP contribution in [0.2, 0.25) is 0 Å². The average molecular weight is 352 g/mol. The number of aromatic nitrogens is 3. The molecule has 0 spiro atoms. The third-order valence-corrected chi connectivity index (χ3v) is 5.32. The number of thiazole rings is 1. The highest BCUT2D eigenvalue weighted by molar-refractivity contribution is 7.16. The molecular formula is C21H12N4S. The van der Waals surface area contributed by atoms with Crippen LogP contribution in [0, 0.1) is 11.3 Å². The van der Waals surface area contributed by atoms with Crippen LogP contribution >= 0.6 is 11.3 Å². The van der Waals surface area contributed by atoms with Gasteiger partial charge in [-0.15, -0.1) is 11.3 Å². The number of rotatable bonds is 2. The number of hydrogen-bond acceptors (Lipinski definition) is 5. The van der Waals surface area contributed by atoms with Crippen molar-refractivity contribution in [3.63, 3.8) is 0 Å². The molecule has 4 nitrogen and oxygen atoms in total. The fourth-order valence-corrected chi connectivity index (χ4v) is 3.96. The van der Waals surface area contributed by atoms with Gasteiger partial charge in [-0.1, -0.05) is 24.3 Å². The van der Waals surface area contributed by atoms with Crippen molar-refractivity contribution in [1.29, 1.82) is 5.26 Å². The van der Waals surface area contributed by atoms with Crippen molar-refractivity contribution in [2.75, 3.05) is 0 Å². The number of benzene rings is 2. The highest BCUT2D eigenvalue weighted by Crippen LogP contribution is 2.33. The van der Waals surface area contributed by atoms with Crippen molar-refractivity contribution in [2.24, 2.45) is 0 Å². The van der Waals surface area contributed by atoms with Crippen LogP contribution in [-0.4, -0.2) is 15.0 Å². The predicted molar refractivity (Wildman–Crippen MR) is 103 cm³/mol. The molecule has 0 atom stereocenters. The van der Waals surface area contributed by atoms with E-state index in [1.807, 2.05) is 29.8 Å². The summed E-state index contributed by atoms with van der Waals surface area (Å²) in [6.45, 7) is 0. The second kappa shape index (κ2) is 5.87. The van der Waals surface area contributed by atoms with Crippen molar-refractivity contribution in [2.45, 2.75) is 6.42 Å². The van der Waals surface area contributed by atoms with Gasteiger partial charge in [0.05, 0.1) is 50.6 Å². The minimum absolute atomic E-state index is 0.621. The van der Waals surface area contributed by atoms with Gasteiger partial charge in [-0.3, -0.25) is 4.98 Å². The van der Waals surface area contributed by atoms with Crippen molar-refractivity contribution < 1.29 is 0 Å². The van der Waals surface area contributed by atoms with Crippen LogP contribution in [-0.2, 0) is 6.42 Å². The Bertz CT molecular complexity index is 1230. The number of nitriles is 1. The van der Waals surface area contributed by atoms with E-state index in [0.717, 1.165) is 45.7 Å². The largest absolute Gasteiger partial charge is 0.256 e. The van der Waals surface area contributed by atoms with Gasteiger partial charge in [0.1, 0.15) is 0 Å². The summed E-state index contributed by atoms with van der Waals surface area (Å²) in [6.07, 6.45) is 4.76. The molecule has 1 aliphatic carbocycles. The minimum Gasteiger partial charge on any atom is -0.256 e. The monoisotopic (exact) mass is 352 g/mol. The summed E-state index contributed by atoms with van der Waals surface area (Å²) in [5.74, 6) is 0. The first kappa shape index (κ1) is 14.9. The standard InChI is InChI=1S/C21H12N4S/c22-10-13-2-1-3-15(8-13)19-11-23-18-7-5-16(21(18)25-19)14-4-6-17-20(9-14)26-12-24-17/h1-6,8-9,11-12H,7H2. The van der Waals surface area contributed by atoms with Crippen LogP contribution in [0.4, 0.5) is 0 Å². The Labute approximate surface area is 154 Å². The lowest BCUT2D eigenvalue weighted by molar-refractivity contribution is 1.07. The summed E-state index contributed by atoms with van der Waals surface area (Å²) >= 11 is 1.64. The molecule has 122 valence electrons. The van der Waals surface area contributed by atoms with Gasteiger partial charge in [0, 0.05) is 17.6 Å². The molecule has 0 radical (unpaired) electrons. The molecule has 2 aromatic heterocycles. The number of hydrogen-bond donors (Lipinski definition) is 0. The summed E-state index contributed by atoms with van der Waals surface area (Å²) in [4.78, 5) is 13.8. The van der Waals surface area contributed by atoms with Crippen LogP contribution in [0.5, 0.6) is 0 Å². The van der Waals surface area contributed by atoms with E-state index in [0.29, 0.717) is 5.56 Å². The van der Waals surface area contributed by atoms with E-state index in [1.165, 1.54) is 4.70 Å². The molecular weight excluding hydrogens is 340 g/mol. The molecule has 0 aliphatic heterocycles. The second-order valence-electron chi connectivity index (χ2n) is 6.10. The third-order valence-electron chi connectivity index (χ3n) is 4.53. The second-order valence-corrected chi connectivity index (χ2v) is 6.99. The third kappa shape index (κ3) is 2.40. The lowest BCUT2D eigenvalue weighted by atomic mass is 10.0. The quantitative estimate of drug-likeness (QED) is 0.528. The Morgan fingerprint density at radius 2 is 2.00 bits per heavy atom. The smallest absolute Gasteiger partial charge is 0.0991 e. The van der Waals surface area contributed by atoms with Gasteiger partial charge in [-0.25, -0.2) is 9.97 Å². The molecule has 0 saturated carbocycles. The minimum atomic E-state index is 0.621. The lowest BCUT2D eigenvalue weighted by Crippen LogP contribution is -1.97. The number of allylic oxidation sites excluding steroid dienone is 1. The topological polar surface area (TPSA) is 62.5 Å². The highest BCUT2D eigenvalue weighted by atomic mass is 32.1. The molecule has 26 heavy (non-hydrogen) atoms. The fourth-order valence-electron chi connectivity index (χ4n) is 3.24. The fraction of sp³-hybridized carbons (Fsp3) is 0.0476. The Hall–Kier alpha value is -3.36. The molecule has 0 N–H and O–H groups in total. The van der Waals surface area contributed by atoms with Crippen LogP contribution in [0.15, 0.2) is 60.2 Å². The van der Waals surface area contributed by atoms with Gasteiger partial charge < -0.3 is 0 Å². The van der Waals surface area contributed by atoms with Gasteiger partial charge in [0.25, 0.3) is 0 Å². The first-order chi connectivity index (χ1) is 12.8. The molecule has 2 heterocycles. The zero-order chi connectivity index (χ0) is 17.5. The van der Waals surface area contributed by atoms with E-state index in [1.54, 1.807) is 23.6 Å². The van der Waals surface area contributed by atoms with E-state index in [9.17, 15) is 0 Å². The van der Waals surface area contributed by atoms with Crippen molar-refractivity contribution in [1.82, 2.24) is 15.0 Å². The lowest BCUT2D eigenvalue weighted by Gasteiger charge is -2.08. The average Bonchev–Trinajstić information content (AvgIpc) is 3.33. The van der Waals surface area contributed by atoms with Gasteiger partial charge in [0.15, 0.2) is 0 Å². The Morgan fingerprint density at radius 1 is 1.04 bits per heavy atom. The van der Waals surface area contributed by atoms with Crippen LogP contribution < -0.4 is 0 Å². The van der Waals surface area contributed by atoms with Gasteiger partial charge in [-0.05, 0) is 29.8 Å². The molecule has 0 unspecified atom stereocenters. The molecule has 0 fully saturated rings. The van der Waals surface area contributed by atoms with E-state index >= 15 is 0 Å². The summed E-state index contributed by atoms with van der Waals surface area (Å²) in [6, 6.07) is 15.9. The van der Waals surface area contributed by atoms with Crippen molar-refractivity contribution in [3.05, 3.63) is 82.8 Å². The Morgan fingerprint density at radius 3 is 2.92 bits per heavy atom. The molecule has 0 amide bonds. The van der Waals surface area contributed by atoms with E-state index in [2.05, 4.69) is 34.2 Å². The summed E-state index contributed by atoms with van der Waals surface area (Å²) in [7, 11) is 0. The van der Waals surface area contributed by atoms with Crippen molar-refractivity contribution in [3.8, 4) is 17.3 Å². The van der Waals surface area contributed by atoms with Crippen molar-refractivity contribution >= 4 is 27.1 Å².